The maximum absolute atomic E-state index is 12.5. The molecule has 3 aromatic rings. The first-order chi connectivity index (χ1) is 12.3. The number of aryl methyl sites for hydroxylation is 2. The minimum atomic E-state index is -0.120. The Bertz CT molecular complexity index is 1010. The lowest BCUT2D eigenvalue weighted by atomic mass is 10.1. The van der Waals surface area contributed by atoms with Crippen molar-refractivity contribution in [1.29, 1.82) is 0 Å². The Hall–Kier alpha value is -2.60. The average Bonchev–Trinajstić information content (AvgIpc) is 2.85. The fraction of sp³-hybridized carbons (Fsp3) is 0.200. The number of fused-ring (bicyclic) bond motifs is 1. The van der Waals surface area contributed by atoms with Crippen molar-refractivity contribution in [3.8, 4) is 0 Å². The van der Waals surface area contributed by atoms with Gasteiger partial charge < -0.3 is 15.6 Å². The molecular weight excluding hydrogens is 394 g/mol. The molecule has 0 bridgehead atoms. The zero-order chi connectivity index (χ0) is 18.8. The molecule has 3 N–H and O–H groups in total. The first-order valence-electron chi connectivity index (χ1n) is 8.28. The van der Waals surface area contributed by atoms with E-state index >= 15 is 0 Å². The van der Waals surface area contributed by atoms with Gasteiger partial charge in [-0.05, 0) is 61.4 Å². The van der Waals surface area contributed by atoms with Crippen LogP contribution in [0.5, 0.6) is 0 Å². The summed E-state index contributed by atoms with van der Waals surface area (Å²) >= 11 is 3.48. The second kappa shape index (κ2) is 7.33. The number of benzene rings is 2. The number of aromatic nitrogens is 1. The molecule has 0 aliphatic rings. The van der Waals surface area contributed by atoms with Crippen molar-refractivity contribution < 1.29 is 9.59 Å². The summed E-state index contributed by atoms with van der Waals surface area (Å²) in [6.45, 7) is 5.34. The maximum Gasteiger partial charge on any atom is 0.228 e. The van der Waals surface area contributed by atoms with E-state index < -0.39 is 0 Å². The van der Waals surface area contributed by atoms with Crippen LogP contribution in [0.1, 0.15) is 23.7 Å². The van der Waals surface area contributed by atoms with Crippen LogP contribution >= 0.6 is 15.9 Å². The third kappa shape index (κ3) is 3.96. The van der Waals surface area contributed by atoms with Crippen LogP contribution < -0.4 is 10.6 Å². The van der Waals surface area contributed by atoms with E-state index in [9.17, 15) is 9.59 Å². The number of amides is 2. The van der Waals surface area contributed by atoms with Gasteiger partial charge >= 0.3 is 0 Å². The van der Waals surface area contributed by atoms with E-state index in [0.717, 1.165) is 37.9 Å². The van der Waals surface area contributed by atoms with Gasteiger partial charge in [-0.3, -0.25) is 9.59 Å². The second-order valence-corrected chi connectivity index (χ2v) is 7.27. The third-order valence-electron chi connectivity index (χ3n) is 4.24. The largest absolute Gasteiger partial charge is 0.358 e. The molecule has 0 atom stereocenters. The monoisotopic (exact) mass is 413 g/mol. The van der Waals surface area contributed by atoms with E-state index in [0.29, 0.717) is 5.69 Å². The van der Waals surface area contributed by atoms with Crippen molar-refractivity contribution in [2.45, 2.75) is 27.2 Å². The second-order valence-electron chi connectivity index (χ2n) is 6.35. The number of halogens is 1. The van der Waals surface area contributed by atoms with Crippen molar-refractivity contribution >= 4 is 50.0 Å². The van der Waals surface area contributed by atoms with E-state index in [4.69, 9.17) is 0 Å². The number of nitrogens with one attached hydrogen (secondary N) is 3. The van der Waals surface area contributed by atoms with Gasteiger partial charge in [0.2, 0.25) is 11.8 Å². The minimum absolute atomic E-state index is 0.0827. The van der Waals surface area contributed by atoms with E-state index in [1.165, 1.54) is 6.92 Å². The van der Waals surface area contributed by atoms with Crippen molar-refractivity contribution in [3.05, 3.63) is 57.7 Å². The molecule has 0 aliphatic heterocycles. The Balaban J connectivity index is 1.77. The molecule has 1 aromatic heterocycles. The predicted octanol–water partition coefficient (Wildman–Crippen LogP) is 4.69. The number of hydrogen-bond donors (Lipinski definition) is 3. The summed E-state index contributed by atoms with van der Waals surface area (Å²) in [5, 5.41) is 6.74. The zero-order valence-electron chi connectivity index (χ0n) is 14.9. The number of rotatable bonds is 4. The van der Waals surface area contributed by atoms with Gasteiger partial charge in [-0.25, -0.2) is 0 Å². The molecule has 26 heavy (non-hydrogen) atoms. The van der Waals surface area contributed by atoms with Gasteiger partial charge in [0.1, 0.15) is 0 Å². The first kappa shape index (κ1) is 18.2. The van der Waals surface area contributed by atoms with Crippen molar-refractivity contribution in [2.75, 3.05) is 10.6 Å². The lowest BCUT2D eigenvalue weighted by Crippen LogP contribution is -2.15. The van der Waals surface area contributed by atoms with Crippen LogP contribution in [0.3, 0.4) is 0 Å². The molecule has 0 saturated carbocycles. The highest BCUT2D eigenvalue weighted by Crippen LogP contribution is 2.26. The summed E-state index contributed by atoms with van der Waals surface area (Å²) in [7, 11) is 0. The molecule has 1 heterocycles. The topological polar surface area (TPSA) is 74.0 Å². The summed E-state index contributed by atoms with van der Waals surface area (Å²) in [6.07, 6.45) is 0.286. The Labute approximate surface area is 160 Å². The van der Waals surface area contributed by atoms with Crippen molar-refractivity contribution in [3.63, 3.8) is 0 Å². The first-order valence-corrected chi connectivity index (χ1v) is 9.07. The lowest BCUT2D eigenvalue weighted by molar-refractivity contribution is -0.116. The molecule has 0 saturated heterocycles. The number of anilines is 2. The molecule has 2 aromatic carbocycles. The lowest BCUT2D eigenvalue weighted by Gasteiger charge is -2.10. The fourth-order valence-corrected chi connectivity index (χ4v) is 3.38. The quantitative estimate of drug-likeness (QED) is 0.580. The molecule has 0 unspecified atom stereocenters. The van der Waals surface area contributed by atoms with Gasteiger partial charge in [0, 0.05) is 39.4 Å². The van der Waals surface area contributed by atoms with E-state index in [1.54, 1.807) is 12.1 Å². The SMILES string of the molecule is CC(=O)Nc1ccc(NC(=O)Cc2c(C)[nH]c3ccc(Br)cc23)cc1C. The predicted molar refractivity (Wildman–Crippen MR) is 109 cm³/mol. The molecule has 134 valence electrons. The van der Waals surface area contributed by atoms with Crippen molar-refractivity contribution in [1.82, 2.24) is 4.98 Å². The fourth-order valence-electron chi connectivity index (χ4n) is 3.02. The number of hydrogen-bond acceptors (Lipinski definition) is 2. The molecule has 2 amide bonds. The van der Waals surface area contributed by atoms with Gasteiger partial charge in [0.15, 0.2) is 0 Å². The van der Waals surface area contributed by atoms with Gasteiger partial charge in [-0.2, -0.15) is 0 Å². The van der Waals surface area contributed by atoms with Gasteiger partial charge in [-0.15, -0.1) is 0 Å². The van der Waals surface area contributed by atoms with Gasteiger partial charge in [0.05, 0.1) is 6.42 Å². The highest BCUT2D eigenvalue weighted by atomic mass is 79.9. The van der Waals surface area contributed by atoms with Crippen LogP contribution in [0, 0.1) is 13.8 Å². The van der Waals surface area contributed by atoms with Crippen molar-refractivity contribution in [2.24, 2.45) is 0 Å². The summed E-state index contributed by atoms with van der Waals surface area (Å²) in [4.78, 5) is 27.0. The Morgan fingerprint density at radius 1 is 1.08 bits per heavy atom. The molecule has 0 spiro atoms. The minimum Gasteiger partial charge on any atom is -0.358 e. The van der Waals surface area contributed by atoms with E-state index in [2.05, 4.69) is 31.5 Å². The molecule has 5 nitrogen and oxygen atoms in total. The van der Waals surface area contributed by atoms with Crippen LogP contribution in [0.4, 0.5) is 11.4 Å². The Morgan fingerprint density at radius 2 is 1.85 bits per heavy atom. The smallest absolute Gasteiger partial charge is 0.228 e. The molecule has 0 fully saturated rings. The highest BCUT2D eigenvalue weighted by Gasteiger charge is 2.13. The molecule has 0 aliphatic carbocycles. The standard InChI is InChI=1S/C20H20BrN3O2/c1-11-8-15(5-7-18(11)23-13(3)25)24-20(26)10-16-12(2)22-19-6-4-14(21)9-17(16)19/h4-9,22H,10H2,1-3H3,(H,23,25)(H,24,26). The molecule has 6 heteroatoms. The van der Waals surface area contributed by atoms with Crippen LogP contribution in [0.25, 0.3) is 10.9 Å². The summed E-state index contributed by atoms with van der Waals surface area (Å²) in [6, 6.07) is 11.4. The number of carbonyl (C=O) groups excluding carboxylic acids is 2. The summed E-state index contributed by atoms with van der Waals surface area (Å²) in [5.74, 6) is -0.202. The molecular formula is C20H20BrN3O2. The Kier molecular flexibility index (Phi) is 5.13. The van der Waals surface area contributed by atoms with Gasteiger partial charge in [0.25, 0.3) is 0 Å². The van der Waals surface area contributed by atoms with Crippen LogP contribution in [-0.4, -0.2) is 16.8 Å². The van der Waals surface area contributed by atoms with Gasteiger partial charge in [-0.1, -0.05) is 15.9 Å². The summed E-state index contributed by atoms with van der Waals surface area (Å²) in [5.41, 5.74) is 5.35. The zero-order valence-corrected chi connectivity index (χ0v) is 16.5. The van der Waals surface area contributed by atoms with E-state index in [-0.39, 0.29) is 18.2 Å². The van der Waals surface area contributed by atoms with Crippen LogP contribution in [0.15, 0.2) is 40.9 Å². The third-order valence-corrected chi connectivity index (χ3v) is 4.73. The summed E-state index contributed by atoms with van der Waals surface area (Å²) < 4.78 is 0.981. The number of aromatic amines is 1. The molecule has 3 rings (SSSR count). The normalized spacial score (nSPS) is 10.8. The van der Waals surface area contributed by atoms with Crippen LogP contribution in [-0.2, 0) is 16.0 Å². The number of H-pyrrole nitrogens is 1. The Morgan fingerprint density at radius 3 is 2.54 bits per heavy atom. The van der Waals surface area contributed by atoms with Crippen LogP contribution in [0.2, 0.25) is 0 Å². The number of carbonyl (C=O) groups is 2. The maximum atomic E-state index is 12.5. The average molecular weight is 414 g/mol. The molecule has 0 radical (unpaired) electrons. The van der Waals surface area contributed by atoms with E-state index in [1.807, 2.05) is 38.1 Å². The highest BCUT2D eigenvalue weighted by molar-refractivity contribution is 9.10.